The number of benzene rings is 2. The minimum Gasteiger partial charge on any atom is -0.382 e. The fourth-order valence-electron chi connectivity index (χ4n) is 1.95. The van der Waals surface area contributed by atoms with Crippen LogP contribution in [0.1, 0.15) is 25.0 Å². The fraction of sp³-hybridized carbons (Fsp3) is 0.364. The van der Waals surface area contributed by atoms with Crippen molar-refractivity contribution in [2.45, 2.75) is 26.9 Å². The number of hydrogen-bond acceptors (Lipinski definition) is 5. The number of nitrogens with two attached hydrogens (primary N) is 2. The molecule has 2 amide bonds. The third-order valence-corrected chi connectivity index (χ3v) is 3.58. The van der Waals surface area contributed by atoms with Crippen molar-refractivity contribution in [3.63, 3.8) is 0 Å². The largest absolute Gasteiger partial charge is 0.382 e. The highest BCUT2D eigenvalue weighted by molar-refractivity contribution is 5.85. The zero-order valence-corrected chi connectivity index (χ0v) is 19.2. The lowest BCUT2D eigenvalue weighted by atomic mass is 10.2. The van der Waals surface area contributed by atoms with Gasteiger partial charge in [-0.25, -0.2) is 8.78 Å². The Hall–Kier alpha value is -2.59. The van der Waals surface area contributed by atoms with Crippen LogP contribution in [0.25, 0.3) is 0 Å². The molecular formula is C22H33ClF2N4O3. The molecule has 0 aliphatic heterocycles. The van der Waals surface area contributed by atoms with E-state index >= 15 is 0 Å². The monoisotopic (exact) mass is 474 g/mol. The molecule has 10 heteroatoms. The summed E-state index contributed by atoms with van der Waals surface area (Å²) in [5, 5.41) is 5.16. The SMILES string of the molecule is CCOCC.Cl.NCC(=O)NCc1ccc(F)cc1.NCC(=O)NCc1ccc(F)cc1. The Kier molecular flexibility index (Phi) is 20.1. The van der Waals surface area contributed by atoms with Gasteiger partial charge >= 0.3 is 0 Å². The van der Waals surface area contributed by atoms with Crippen molar-refractivity contribution in [1.29, 1.82) is 0 Å². The molecule has 0 heterocycles. The summed E-state index contributed by atoms with van der Waals surface area (Å²) in [4.78, 5) is 21.5. The Morgan fingerprint density at radius 3 is 1.28 bits per heavy atom. The van der Waals surface area contributed by atoms with Gasteiger partial charge in [-0.15, -0.1) is 12.4 Å². The highest BCUT2D eigenvalue weighted by atomic mass is 35.5. The van der Waals surface area contributed by atoms with E-state index < -0.39 is 0 Å². The van der Waals surface area contributed by atoms with Crippen LogP contribution in [0.4, 0.5) is 8.78 Å². The van der Waals surface area contributed by atoms with E-state index in [-0.39, 0.29) is 48.9 Å². The predicted octanol–water partition coefficient (Wildman–Crippen LogP) is 2.27. The third kappa shape index (κ3) is 17.1. The topological polar surface area (TPSA) is 119 Å². The van der Waals surface area contributed by atoms with Crippen LogP contribution in [-0.2, 0) is 27.4 Å². The van der Waals surface area contributed by atoms with Gasteiger partial charge in [-0.3, -0.25) is 9.59 Å². The minimum absolute atomic E-state index is 0. The van der Waals surface area contributed by atoms with E-state index in [0.717, 1.165) is 24.3 Å². The second-order valence-electron chi connectivity index (χ2n) is 6.00. The van der Waals surface area contributed by atoms with Crippen molar-refractivity contribution in [3.8, 4) is 0 Å². The lowest BCUT2D eigenvalue weighted by Gasteiger charge is -2.02. The molecule has 2 aromatic carbocycles. The van der Waals surface area contributed by atoms with E-state index in [1.54, 1.807) is 24.3 Å². The van der Waals surface area contributed by atoms with E-state index in [9.17, 15) is 18.4 Å². The molecule has 6 N–H and O–H groups in total. The highest BCUT2D eigenvalue weighted by Gasteiger charge is 1.98. The van der Waals surface area contributed by atoms with Gasteiger partial charge in [0.1, 0.15) is 11.6 Å². The average Bonchev–Trinajstić information content (AvgIpc) is 2.79. The van der Waals surface area contributed by atoms with Gasteiger partial charge < -0.3 is 26.8 Å². The summed E-state index contributed by atoms with van der Waals surface area (Å²) in [6, 6.07) is 11.9. The molecular weight excluding hydrogens is 442 g/mol. The van der Waals surface area contributed by atoms with Gasteiger partial charge in [0, 0.05) is 26.3 Å². The highest BCUT2D eigenvalue weighted by Crippen LogP contribution is 2.02. The number of rotatable bonds is 8. The van der Waals surface area contributed by atoms with Crippen LogP contribution in [0.3, 0.4) is 0 Å². The number of nitrogens with one attached hydrogen (secondary N) is 2. The maximum atomic E-state index is 12.4. The molecule has 0 atom stereocenters. The first-order valence-corrected chi connectivity index (χ1v) is 9.86. The van der Waals surface area contributed by atoms with Crippen molar-refractivity contribution in [1.82, 2.24) is 10.6 Å². The van der Waals surface area contributed by atoms with Crippen LogP contribution in [0.5, 0.6) is 0 Å². The molecule has 32 heavy (non-hydrogen) atoms. The first-order valence-electron chi connectivity index (χ1n) is 9.86. The van der Waals surface area contributed by atoms with Crippen LogP contribution in [0.15, 0.2) is 48.5 Å². The Morgan fingerprint density at radius 2 is 1.06 bits per heavy atom. The van der Waals surface area contributed by atoms with Crippen LogP contribution < -0.4 is 22.1 Å². The van der Waals surface area contributed by atoms with Crippen molar-refractivity contribution in [2.75, 3.05) is 26.3 Å². The van der Waals surface area contributed by atoms with Crippen molar-refractivity contribution < 1.29 is 23.1 Å². The summed E-state index contributed by atoms with van der Waals surface area (Å²) in [6.45, 7) is 6.38. The number of ether oxygens (including phenoxy) is 1. The van der Waals surface area contributed by atoms with Gasteiger partial charge in [0.15, 0.2) is 0 Å². The Morgan fingerprint density at radius 1 is 0.750 bits per heavy atom. The Labute approximate surface area is 194 Å². The molecule has 0 saturated heterocycles. The molecule has 0 bridgehead atoms. The van der Waals surface area contributed by atoms with Gasteiger partial charge in [-0.05, 0) is 49.2 Å². The zero-order chi connectivity index (χ0) is 23.5. The second-order valence-corrected chi connectivity index (χ2v) is 6.00. The first-order chi connectivity index (χ1) is 14.9. The van der Waals surface area contributed by atoms with Gasteiger partial charge in [0.05, 0.1) is 13.1 Å². The van der Waals surface area contributed by atoms with Gasteiger partial charge in [-0.1, -0.05) is 24.3 Å². The van der Waals surface area contributed by atoms with Crippen LogP contribution in [0, 0.1) is 11.6 Å². The number of carbonyl (C=O) groups excluding carboxylic acids is 2. The number of amides is 2. The average molecular weight is 475 g/mol. The zero-order valence-electron chi connectivity index (χ0n) is 18.4. The van der Waals surface area contributed by atoms with Crippen molar-refractivity contribution in [2.24, 2.45) is 11.5 Å². The summed E-state index contributed by atoms with van der Waals surface area (Å²) in [6.07, 6.45) is 0. The molecule has 0 aliphatic rings. The standard InChI is InChI=1S/2C9H11FN2O.C4H10O.ClH/c2*10-8-3-1-7(2-4-8)6-12-9(13)5-11;1-3-5-4-2;/h2*1-4H,5-6,11H2,(H,12,13);3-4H2,1-2H3;1H. The molecule has 180 valence electrons. The van der Waals surface area contributed by atoms with Crippen molar-refractivity contribution in [3.05, 3.63) is 71.3 Å². The summed E-state index contributed by atoms with van der Waals surface area (Å²) in [5.41, 5.74) is 11.9. The molecule has 2 rings (SSSR count). The van der Waals surface area contributed by atoms with E-state index in [1.807, 2.05) is 13.8 Å². The number of hydrogen-bond donors (Lipinski definition) is 4. The molecule has 0 unspecified atom stereocenters. The van der Waals surface area contributed by atoms with E-state index in [4.69, 9.17) is 16.2 Å². The molecule has 0 aliphatic carbocycles. The predicted molar refractivity (Wildman–Crippen MR) is 124 cm³/mol. The molecule has 7 nitrogen and oxygen atoms in total. The normalized spacial score (nSPS) is 9.19. The van der Waals surface area contributed by atoms with Crippen LogP contribution in [-0.4, -0.2) is 38.1 Å². The van der Waals surface area contributed by atoms with Gasteiger partial charge in [0.25, 0.3) is 0 Å². The minimum atomic E-state index is -0.283. The number of halogens is 3. The first kappa shape index (κ1) is 31.6. The third-order valence-electron chi connectivity index (χ3n) is 3.58. The van der Waals surface area contributed by atoms with Crippen LogP contribution >= 0.6 is 12.4 Å². The maximum Gasteiger partial charge on any atom is 0.234 e. The summed E-state index contributed by atoms with van der Waals surface area (Å²) < 4.78 is 29.7. The Bertz CT molecular complexity index is 684. The van der Waals surface area contributed by atoms with E-state index in [0.29, 0.717) is 13.1 Å². The smallest absolute Gasteiger partial charge is 0.234 e. The molecule has 2 aromatic rings. The Balaban J connectivity index is 0. The summed E-state index contributed by atoms with van der Waals surface area (Å²) in [5.74, 6) is -1.00. The molecule has 0 radical (unpaired) electrons. The lowest BCUT2D eigenvalue weighted by Crippen LogP contribution is -2.29. The molecule has 0 aromatic heterocycles. The summed E-state index contributed by atoms with van der Waals surface area (Å²) in [7, 11) is 0. The maximum absolute atomic E-state index is 12.4. The number of carbonyl (C=O) groups is 2. The molecule has 0 fully saturated rings. The van der Waals surface area contributed by atoms with E-state index in [2.05, 4.69) is 10.6 Å². The van der Waals surface area contributed by atoms with Crippen molar-refractivity contribution >= 4 is 24.2 Å². The fourth-order valence-corrected chi connectivity index (χ4v) is 1.95. The van der Waals surface area contributed by atoms with Crippen LogP contribution in [0.2, 0.25) is 0 Å². The van der Waals surface area contributed by atoms with Gasteiger partial charge in [0.2, 0.25) is 11.8 Å². The van der Waals surface area contributed by atoms with E-state index in [1.165, 1.54) is 24.3 Å². The lowest BCUT2D eigenvalue weighted by molar-refractivity contribution is -0.120. The molecule has 0 spiro atoms. The quantitative estimate of drug-likeness (QED) is 0.468. The second kappa shape index (κ2) is 20.3. The molecule has 0 saturated carbocycles. The summed E-state index contributed by atoms with van der Waals surface area (Å²) >= 11 is 0. The van der Waals surface area contributed by atoms with Gasteiger partial charge in [-0.2, -0.15) is 0 Å².